The smallest absolute Gasteiger partial charge is 0.132 e. The van der Waals surface area contributed by atoms with Crippen molar-refractivity contribution in [1.82, 2.24) is 10.6 Å². The van der Waals surface area contributed by atoms with Gasteiger partial charge in [-0.2, -0.15) is 0 Å². The van der Waals surface area contributed by atoms with Gasteiger partial charge in [0, 0.05) is 24.3 Å². The summed E-state index contributed by atoms with van der Waals surface area (Å²) in [5, 5.41) is 6.70. The Labute approximate surface area is 84.1 Å². The summed E-state index contributed by atoms with van der Waals surface area (Å²) in [5.41, 5.74) is 5.51. The first kappa shape index (κ1) is 8.13. The SMILES string of the molecule is [C+]1=CC2=C(/C=C\C3=C1CNC3)CNC2. The lowest BCUT2D eigenvalue weighted by atomic mass is 10.0. The van der Waals surface area contributed by atoms with Crippen LogP contribution >= 0.6 is 0 Å². The molecule has 3 rings (SSSR count). The van der Waals surface area contributed by atoms with Gasteiger partial charge in [0.15, 0.2) is 0 Å². The van der Waals surface area contributed by atoms with Crippen molar-refractivity contribution < 1.29 is 0 Å². The van der Waals surface area contributed by atoms with E-state index in [-0.39, 0.29) is 0 Å². The molecule has 0 radical (unpaired) electrons. The van der Waals surface area contributed by atoms with Crippen molar-refractivity contribution in [2.45, 2.75) is 0 Å². The third-order valence-corrected chi connectivity index (χ3v) is 2.95. The van der Waals surface area contributed by atoms with Crippen molar-refractivity contribution in [2.75, 3.05) is 26.2 Å². The van der Waals surface area contributed by atoms with Crippen LogP contribution in [0.5, 0.6) is 0 Å². The van der Waals surface area contributed by atoms with Crippen LogP contribution in [-0.2, 0) is 0 Å². The third kappa shape index (κ3) is 1.25. The Kier molecular flexibility index (Phi) is 1.84. The second-order valence-corrected chi connectivity index (χ2v) is 3.88. The normalized spacial score (nSPS) is 26.9. The molecule has 0 atom stereocenters. The van der Waals surface area contributed by atoms with Gasteiger partial charge in [0.1, 0.15) is 11.6 Å². The Balaban J connectivity index is 1.99. The predicted octanol–water partition coefficient (Wildman–Crippen LogP) is 0.715. The highest BCUT2D eigenvalue weighted by Gasteiger charge is 2.22. The van der Waals surface area contributed by atoms with Crippen LogP contribution in [0.2, 0.25) is 0 Å². The lowest BCUT2D eigenvalue weighted by Crippen LogP contribution is -2.09. The van der Waals surface area contributed by atoms with E-state index in [4.69, 9.17) is 0 Å². The van der Waals surface area contributed by atoms with Crippen LogP contribution in [0.4, 0.5) is 0 Å². The van der Waals surface area contributed by atoms with Crippen LogP contribution in [0.15, 0.2) is 40.5 Å². The molecule has 2 aliphatic heterocycles. The molecular formula is C12H13N2+. The maximum Gasteiger partial charge on any atom is 0.132 e. The monoisotopic (exact) mass is 185 g/mol. The van der Waals surface area contributed by atoms with Gasteiger partial charge in [-0.3, -0.25) is 10.6 Å². The Morgan fingerprint density at radius 3 is 2.57 bits per heavy atom. The summed E-state index contributed by atoms with van der Waals surface area (Å²) < 4.78 is 0. The van der Waals surface area contributed by atoms with Crippen LogP contribution in [0.3, 0.4) is 0 Å². The largest absolute Gasteiger partial charge is 0.297 e. The van der Waals surface area contributed by atoms with Gasteiger partial charge >= 0.3 is 0 Å². The van der Waals surface area contributed by atoms with E-state index < -0.39 is 0 Å². The van der Waals surface area contributed by atoms with Crippen LogP contribution < -0.4 is 10.6 Å². The van der Waals surface area contributed by atoms with Crippen molar-refractivity contribution in [3.05, 3.63) is 46.6 Å². The molecule has 0 amide bonds. The quantitative estimate of drug-likeness (QED) is 0.543. The molecule has 0 saturated carbocycles. The average molecular weight is 185 g/mol. The van der Waals surface area contributed by atoms with Gasteiger partial charge in [0.2, 0.25) is 0 Å². The van der Waals surface area contributed by atoms with Crippen molar-refractivity contribution >= 4 is 0 Å². The molecule has 0 aromatic rings. The fraction of sp³-hybridized carbons (Fsp3) is 0.333. The Morgan fingerprint density at radius 1 is 0.857 bits per heavy atom. The Morgan fingerprint density at radius 2 is 1.57 bits per heavy atom. The summed E-state index contributed by atoms with van der Waals surface area (Å²) >= 11 is 0. The predicted molar refractivity (Wildman–Crippen MR) is 56.7 cm³/mol. The Bertz CT molecular complexity index is 313. The molecular weight excluding hydrogens is 172 g/mol. The van der Waals surface area contributed by atoms with Gasteiger partial charge in [-0.1, -0.05) is 0 Å². The van der Waals surface area contributed by atoms with E-state index in [0.29, 0.717) is 0 Å². The second-order valence-electron chi connectivity index (χ2n) is 3.88. The van der Waals surface area contributed by atoms with Crippen molar-refractivity contribution in [2.24, 2.45) is 0 Å². The lowest BCUT2D eigenvalue weighted by Gasteiger charge is -1.94. The molecule has 2 heteroatoms. The molecule has 0 fully saturated rings. The van der Waals surface area contributed by atoms with E-state index in [0.717, 1.165) is 26.2 Å². The minimum Gasteiger partial charge on any atom is -0.297 e. The zero-order chi connectivity index (χ0) is 9.38. The summed E-state index contributed by atoms with van der Waals surface area (Å²) in [4.78, 5) is 0. The highest BCUT2D eigenvalue weighted by Crippen LogP contribution is 2.20. The molecule has 70 valence electrons. The molecule has 0 bridgehead atoms. The molecule has 0 aromatic carbocycles. The van der Waals surface area contributed by atoms with Crippen LogP contribution in [-0.4, -0.2) is 26.2 Å². The summed E-state index contributed by atoms with van der Waals surface area (Å²) in [5.74, 6) is 0. The molecule has 0 saturated heterocycles. The second kappa shape index (κ2) is 3.18. The minimum absolute atomic E-state index is 0.964. The van der Waals surface area contributed by atoms with Gasteiger partial charge in [-0.25, -0.2) is 0 Å². The molecule has 3 aliphatic rings. The number of rotatable bonds is 0. The summed E-state index contributed by atoms with van der Waals surface area (Å²) in [7, 11) is 0. The minimum atomic E-state index is 0.964. The maximum absolute atomic E-state index is 3.40. The fourth-order valence-electron chi connectivity index (χ4n) is 2.09. The molecule has 2 nitrogen and oxygen atoms in total. The molecule has 2 heterocycles. The average Bonchev–Trinajstić information content (AvgIpc) is 2.75. The van der Waals surface area contributed by atoms with E-state index in [1.165, 1.54) is 22.3 Å². The molecule has 0 aromatic heterocycles. The van der Waals surface area contributed by atoms with Gasteiger partial charge in [0.25, 0.3) is 0 Å². The van der Waals surface area contributed by atoms with Crippen molar-refractivity contribution in [3.8, 4) is 0 Å². The van der Waals surface area contributed by atoms with E-state index in [1.54, 1.807) is 0 Å². The van der Waals surface area contributed by atoms with Gasteiger partial charge < -0.3 is 0 Å². The van der Waals surface area contributed by atoms with E-state index >= 15 is 0 Å². The summed E-state index contributed by atoms with van der Waals surface area (Å²) in [6.07, 6.45) is 10.0. The van der Waals surface area contributed by atoms with Gasteiger partial charge in [0.05, 0.1) is 30.8 Å². The van der Waals surface area contributed by atoms with Gasteiger partial charge in [-0.05, 0) is 6.08 Å². The zero-order valence-corrected chi connectivity index (χ0v) is 8.06. The standard InChI is InChI=1S/C12H13N2/c1-2-10-6-14-8-12(10)4-3-11-7-13-5-9(1)11/h1-3,13-14H,5-8H2/q+1/b2-1-,9-1?,10-2?,11-3?. The van der Waals surface area contributed by atoms with Gasteiger partial charge in [-0.15, -0.1) is 0 Å². The first-order valence-electron chi connectivity index (χ1n) is 5.07. The van der Waals surface area contributed by atoms with E-state index in [9.17, 15) is 0 Å². The highest BCUT2D eigenvalue weighted by atomic mass is 14.9. The Hall–Kier alpha value is -1.21. The van der Waals surface area contributed by atoms with Crippen molar-refractivity contribution in [1.29, 1.82) is 0 Å². The molecule has 0 spiro atoms. The van der Waals surface area contributed by atoms with Crippen LogP contribution in [0, 0.1) is 6.08 Å². The third-order valence-electron chi connectivity index (χ3n) is 2.95. The fourth-order valence-corrected chi connectivity index (χ4v) is 2.09. The molecule has 0 unspecified atom stereocenters. The highest BCUT2D eigenvalue weighted by molar-refractivity contribution is 5.47. The number of hydrogen-bond acceptors (Lipinski definition) is 2. The lowest BCUT2D eigenvalue weighted by molar-refractivity contribution is 0.867. The first-order chi connectivity index (χ1) is 6.93. The molecule has 2 N–H and O–H groups in total. The number of hydrogen-bond donors (Lipinski definition) is 2. The summed E-state index contributed by atoms with van der Waals surface area (Å²) in [6.45, 7) is 3.94. The van der Waals surface area contributed by atoms with Crippen LogP contribution in [0.25, 0.3) is 0 Å². The number of nitrogens with one attached hydrogen (secondary N) is 2. The first-order valence-corrected chi connectivity index (χ1v) is 5.07. The topological polar surface area (TPSA) is 24.1 Å². The van der Waals surface area contributed by atoms with Crippen molar-refractivity contribution in [3.63, 3.8) is 0 Å². The van der Waals surface area contributed by atoms with Crippen LogP contribution in [0.1, 0.15) is 0 Å². The van der Waals surface area contributed by atoms with E-state index in [1.807, 2.05) is 0 Å². The maximum atomic E-state index is 3.40. The molecule has 1 aliphatic carbocycles. The zero-order valence-electron chi connectivity index (χ0n) is 8.06. The van der Waals surface area contributed by atoms with E-state index in [2.05, 4.69) is 34.9 Å². The molecule has 14 heavy (non-hydrogen) atoms. The summed E-state index contributed by atoms with van der Waals surface area (Å²) in [6, 6.07) is 0.